The molecule has 3 saturated carbocycles. The number of benzene rings is 1. The van der Waals surface area contributed by atoms with Gasteiger partial charge in [0.25, 0.3) is 0 Å². The molecule has 19 heavy (non-hydrogen) atoms. The van der Waals surface area contributed by atoms with Gasteiger partial charge in [-0.05, 0) is 90.1 Å². The molecule has 3 aliphatic carbocycles. The highest BCUT2D eigenvalue weighted by atomic mass is 127. The second-order valence-corrected chi connectivity index (χ2v) is 8.13. The molecular formula is C16H19ClIN. The molecule has 0 amide bonds. The van der Waals surface area contributed by atoms with E-state index in [-0.39, 0.29) is 0 Å². The molecule has 1 nitrogen and oxygen atoms in total. The van der Waals surface area contributed by atoms with E-state index in [2.05, 4.69) is 40.0 Å². The topological polar surface area (TPSA) is 12.0 Å². The molecule has 1 aromatic rings. The molecular weight excluding hydrogens is 369 g/mol. The van der Waals surface area contributed by atoms with Gasteiger partial charge < -0.3 is 5.32 Å². The van der Waals surface area contributed by atoms with Gasteiger partial charge in [-0.1, -0.05) is 18.0 Å². The summed E-state index contributed by atoms with van der Waals surface area (Å²) in [7, 11) is 0. The summed E-state index contributed by atoms with van der Waals surface area (Å²) in [5, 5.41) is 4.65. The zero-order chi connectivity index (χ0) is 13.0. The Morgan fingerprint density at radius 2 is 1.95 bits per heavy atom. The monoisotopic (exact) mass is 387 g/mol. The quantitative estimate of drug-likeness (QED) is 0.689. The van der Waals surface area contributed by atoms with Crippen molar-refractivity contribution < 1.29 is 0 Å². The molecule has 0 saturated heterocycles. The summed E-state index contributed by atoms with van der Waals surface area (Å²) < 4.78 is 1.25. The van der Waals surface area contributed by atoms with Crippen molar-refractivity contribution in [1.29, 1.82) is 0 Å². The van der Waals surface area contributed by atoms with E-state index in [1.807, 2.05) is 6.07 Å². The lowest BCUT2D eigenvalue weighted by Crippen LogP contribution is -2.34. The van der Waals surface area contributed by atoms with Crippen LogP contribution in [0.2, 0.25) is 5.02 Å². The highest BCUT2D eigenvalue weighted by molar-refractivity contribution is 14.1. The Kier molecular flexibility index (Phi) is 3.22. The van der Waals surface area contributed by atoms with Crippen molar-refractivity contribution in [3.05, 3.63) is 26.8 Å². The normalized spacial score (nSPS) is 39.6. The van der Waals surface area contributed by atoms with Gasteiger partial charge >= 0.3 is 0 Å². The fraction of sp³-hybridized carbons (Fsp3) is 0.625. The molecule has 5 atom stereocenters. The molecule has 1 N–H and O–H groups in total. The largest absolute Gasteiger partial charge is 0.381 e. The van der Waals surface area contributed by atoms with Crippen LogP contribution in [0.15, 0.2) is 18.2 Å². The van der Waals surface area contributed by atoms with Crippen LogP contribution in [0, 0.1) is 27.2 Å². The number of rotatable bonds is 2. The SMILES string of the molecule is Clc1ccc(NC2CC3CC2C2CCCC32)c(I)c1. The third-order valence-corrected chi connectivity index (χ3v) is 6.83. The second-order valence-electron chi connectivity index (χ2n) is 6.53. The van der Waals surface area contributed by atoms with Crippen molar-refractivity contribution >= 4 is 39.9 Å². The van der Waals surface area contributed by atoms with Crippen molar-refractivity contribution in [1.82, 2.24) is 0 Å². The number of hydrogen-bond acceptors (Lipinski definition) is 1. The fourth-order valence-electron chi connectivity index (χ4n) is 5.04. The van der Waals surface area contributed by atoms with Gasteiger partial charge in [0.2, 0.25) is 0 Å². The van der Waals surface area contributed by atoms with Crippen molar-refractivity contribution in [3.63, 3.8) is 0 Å². The minimum atomic E-state index is 0.707. The molecule has 3 fully saturated rings. The molecule has 1 aromatic carbocycles. The molecule has 102 valence electrons. The Morgan fingerprint density at radius 3 is 2.79 bits per heavy atom. The van der Waals surface area contributed by atoms with Crippen LogP contribution in [0.1, 0.15) is 32.1 Å². The van der Waals surface area contributed by atoms with E-state index < -0.39 is 0 Å². The van der Waals surface area contributed by atoms with Gasteiger partial charge in [-0.2, -0.15) is 0 Å². The lowest BCUT2D eigenvalue weighted by Gasteiger charge is -2.33. The number of halogens is 2. The maximum absolute atomic E-state index is 6.04. The first-order valence-corrected chi connectivity index (χ1v) is 8.89. The third-order valence-electron chi connectivity index (χ3n) is 5.70. The molecule has 0 heterocycles. The standard InChI is InChI=1S/C16H19ClIN/c17-10-4-5-15(14(18)8-10)19-16-7-9-6-13(16)12-3-1-2-11(9)12/h4-5,8-9,11-13,16,19H,1-3,6-7H2. The Labute approximate surface area is 133 Å². The van der Waals surface area contributed by atoms with Crippen molar-refractivity contribution in [2.45, 2.75) is 38.1 Å². The average molecular weight is 388 g/mol. The lowest BCUT2D eigenvalue weighted by molar-refractivity contribution is 0.243. The van der Waals surface area contributed by atoms with E-state index in [0.717, 1.165) is 28.7 Å². The van der Waals surface area contributed by atoms with E-state index >= 15 is 0 Å². The molecule has 0 aromatic heterocycles. The smallest absolute Gasteiger partial charge is 0.0479 e. The minimum Gasteiger partial charge on any atom is -0.381 e. The van der Waals surface area contributed by atoms with E-state index in [1.54, 1.807) is 0 Å². The summed E-state index contributed by atoms with van der Waals surface area (Å²) in [6, 6.07) is 6.90. The van der Waals surface area contributed by atoms with Crippen molar-refractivity contribution in [2.75, 3.05) is 5.32 Å². The van der Waals surface area contributed by atoms with Crippen LogP contribution in [0.25, 0.3) is 0 Å². The summed E-state index contributed by atoms with van der Waals surface area (Å²) in [6.07, 6.45) is 7.36. The number of hydrogen-bond donors (Lipinski definition) is 1. The first-order chi connectivity index (χ1) is 9.22. The Morgan fingerprint density at radius 1 is 1.11 bits per heavy atom. The first kappa shape index (κ1) is 12.8. The first-order valence-electron chi connectivity index (χ1n) is 7.44. The summed E-state index contributed by atoms with van der Waals surface area (Å²) in [4.78, 5) is 0. The summed E-state index contributed by atoms with van der Waals surface area (Å²) in [5.41, 5.74) is 1.28. The lowest BCUT2D eigenvalue weighted by atomic mass is 9.79. The molecule has 0 radical (unpaired) electrons. The van der Waals surface area contributed by atoms with Crippen LogP contribution in [0.5, 0.6) is 0 Å². The zero-order valence-corrected chi connectivity index (χ0v) is 13.8. The van der Waals surface area contributed by atoms with Crippen LogP contribution in [-0.2, 0) is 0 Å². The van der Waals surface area contributed by atoms with E-state index in [4.69, 9.17) is 11.6 Å². The molecule has 4 rings (SSSR count). The van der Waals surface area contributed by atoms with Gasteiger partial charge in [0.05, 0.1) is 0 Å². The molecule has 3 heteroatoms. The van der Waals surface area contributed by atoms with Crippen LogP contribution in [0.3, 0.4) is 0 Å². The Hall–Kier alpha value is 0.0400. The Balaban J connectivity index is 1.52. The van der Waals surface area contributed by atoms with Crippen molar-refractivity contribution in [3.8, 4) is 0 Å². The van der Waals surface area contributed by atoms with Gasteiger partial charge in [-0.25, -0.2) is 0 Å². The van der Waals surface area contributed by atoms with Gasteiger partial charge in [-0.15, -0.1) is 0 Å². The maximum Gasteiger partial charge on any atom is 0.0479 e. The van der Waals surface area contributed by atoms with Crippen LogP contribution in [-0.4, -0.2) is 6.04 Å². The van der Waals surface area contributed by atoms with E-state index in [9.17, 15) is 0 Å². The summed E-state index contributed by atoms with van der Waals surface area (Å²) in [6.45, 7) is 0. The number of anilines is 1. The fourth-order valence-corrected chi connectivity index (χ4v) is 6.07. The predicted molar refractivity (Wildman–Crippen MR) is 88.6 cm³/mol. The van der Waals surface area contributed by atoms with Gasteiger partial charge in [-0.3, -0.25) is 0 Å². The molecule has 2 bridgehead atoms. The number of nitrogens with one attached hydrogen (secondary N) is 1. The summed E-state index contributed by atoms with van der Waals surface area (Å²) in [5.74, 6) is 4.05. The third kappa shape index (κ3) is 2.10. The van der Waals surface area contributed by atoms with E-state index in [0.29, 0.717) is 6.04 Å². The van der Waals surface area contributed by atoms with Gasteiger partial charge in [0.15, 0.2) is 0 Å². The van der Waals surface area contributed by atoms with Crippen LogP contribution in [0.4, 0.5) is 5.69 Å². The highest BCUT2D eigenvalue weighted by Gasteiger charge is 2.53. The molecule has 0 aliphatic heterocycles. The summed E-state index contributed by atoms with van der Waals surface area (Å²) >= 11 is 8.42. The molecule has 3 aliphatic rings. The highest BCUT2D eigenvalue weighted by Crippen LogP contribution is 2.59. The minimum absolute atomic E-state index is 0.707. The second kappa shape index (κ2) is 4.80. The maximum atomic E-state index is 6.04. The average Bonchev–Trinajstić information content (AvgIpc) is 3.04. The van der Waals surface area contributed by atoms with Crippen LogP contribution < -0.4 is 5.32 Å². The molecule has 0 spiro atoms. The Bertz CT molecular complexity index is 504. The predicted octanol–water partition coefficient (Wildman–Crippen LogP) is 5.18. The zero-order valence-electron chi connectivity index (χ0n) is 10.9. The van der Waals surface area contributed by atoms with Crippen molar-refractivity contribution in [2.24, 2.45) is 23.7 Å². The molecule has 5 unspecified atom stereocenters. The number of fused-ring (bicyclic) bond motifs is 5. The van der Waals surface area contributed by atoms with Gasteiger partial charge in [0, 0.05) is 20.3 Å². The van der Waals surface area contributed by atoms with Gasteiger partial charge in [0.1, 0.15) is 0 Å². The van der Waals surface area contributed by atoms with Crippen LogP contribution >= 0.6 is 34.2 Å². The van der Waals surface area contributed by atoms with E-state index in [1.165, 1.54) is 41.4 Å².